The van der Waals surface area contributed by atoms with Crippen LogP contribution in [0.4, 0.5) is 0 Å². The van der Waals surface area contributed by atoms with Gasteiger partial charge in [-0.1, -0.05) is 231 Å². The normalized spacial score (nSPS) is 12.1. The topological polar surface area (TPSA) is 78.9 Å². The monoisotopic (exact) mass is 859 g/mol. The Labute approximate surface area is 379 Å². The van der Waals surface area contributed by atoms with E-state index in [1.807, 2.05) is 0 Å². The van der Waals surface area contributed by atoms with Crippen LogP contribution in [0.15, 0.2) is 24.3 Å². The van der Waals surface area contributed by atoms with Gasteiger partial charge >= 0.3 is 17.9 Å². The molecule has 0 aromatic heterocycles. The second-order valence-corrected chi connectivity index (χ2v) is 18.1. The summed E-state index contributed by atoms with van der Waals surface area (Å²) in [6, 6.07) is 0. The fourth-order valence-corrected chi connectivity index (χ4v) is 7.85. The van der Waals surface area contributed by atoms with E-state index in [1.165, 1.54) is 173 Å². The molecule has 0 heterocycles. The third-order valence-corrected chi connectivity index (χ3v) is 11.9. The van der Waals surface area contributed by atoms with Crippen molar-refractivity contribution in [3.8, 4) is 0 Å². The Morgan fingerprint density at radius 2 is 0.574 bits per heavy atom. The lowest BCUT2D eigenvalue weighted by Gasteiger charge is -2.18. The lowest BCUT2D eigenvalue weighted by atomic mass is 10.0. The third-order valence-electron chi connectivity index (χ3n) is 11.9. The minimum absolute atomic E-state index is 0.0736. The summed E-state index contributed by atoms with van der Waals surface area (Å²) in [6.45, 7) is 6.57. The number of rotatable bonds is 49. The minimum Gasteiger partial charge on any atom is -0.462 e. The highest BCUT2D eigenvalue weighted by Crippen LogP contribution is 2.16. The van der Waals surface area contributed by atoms with Gasteiger partial charge in [0.15, 0.2) is 6.10 Å². The van der Waals surface area contributed by atoms with Gasteiger partial charge in [-0.3, -0.25) is 14.4 Å². The minimum atomic E-state index is -0.773. The fraction of sp³-hybridized carbons (Fsp3) is 0.873. The molecule has 0 rings (SSSR count). The molecule has 0 aliphatic heterocycles. The van der Waals surface area contributed by atoms with Crippen molar-refractivity contribution in [2.75, 3.05) is 13.2 Å². The molecule has 0 fully saturated rings. The van der Waals surface area contributed by atoms with E-state index in [0.717, 1.165) is 77.0 Å². The van der Waals surface area contributed by atoms with Gasteiger partial charge in [-0.25, -0.2) is 0 Å². The van der Waals surface area contributed by atoms with Crippen molar-refractivity contribution in [1.29, 1.82) is 0 Å². The van der Waals surface area contributed by atoms with Crippen molar-refractivity contribution in [1.82, 2.24) is 0 Å². The first-order valence-electron chi connectivity index (χ1n) is 26.8. The quantitative estimate of drug-likeness (QED) is 0.0262. The van der Waals surface area contributed by atoms with Gasteiger partial charge in [0.2, 0.25) is 0 Å². The summed E-state index contributed by atoms with van der Waals surface area (Å²) in [4.78, 5) is 37.9. The lowest BCUT2D eigenvalue weighted by molar-refractivity contribution is -0.167. The summed E-state index contributed by atoms with van der Waals surface area (Å²) in [5.74, 6) is -0.881. The maximum Gasteiger partial charge on any atom is 0.306 e. The first-order chi connectivity index (χ1) is 30.0. The molecule has 1 atom stereocenters. The summed E-state index contributed by atoms with van der Waals surface area (Å²) in [5, 5.41) is 0. The van der Waals surface area contributed by atoms with Gasteiger partial charge in [0.05, 0.1) is 0 Å². The zero-order valence-electron chi connectivity index (χ0n) is 40.9. The van der Waals surface area contributed by atoms with Crippen LogP contribution in [0.25, 0.3) is 0 Å². The van der Waals surface area contributed by atoms with Crippen LogP contribution in [-0.2, 0) is 28.6 Å². The Kier molecular flexibility index (Phi) is 48.8. The van der Waals surface area contributed by atoms with Crippen LogP contribution in [0, 0.1) is 0 Å². The molecular formula is C55H102O6. The van der Waals surface area contributed by atoms with Gasteiger partial charge in [-0.2, -0.15) is 0 Å². The maximum absolute atomic E-state index is 12.8. The van der Waals surface area contributed by atoms with Crippen LogP contribution in [0.3, 0.4) is 0 Å². The van der Waals surface area contributed by atoms with Gasteiger partial charge in [-0.05, 0) is 64.2 Å². The SMILES string of the molecule is CCC/C=C\CCCCCCCC(=O)OCC(COC(=O)CCCCCCCCCCCCCCCCCCCCCCC)OC(=O)CCCCCCC/C=C\CCCCC. The second-order valence-electron chi connectivity index (χ2n) is 18.1. The van der Waals surface area contributed by atoms with Crippen molar-refractivity contribution in [3.05, 3.63) is 24.3 Å². The molecule has 6 heteroatoms. The van der Waals surface area contributed by atoms with Crippen molar-refractivity contribution in [3.63, 3.8) is 0 Å². The Balaban J connectivity index is 4.21. The summed E-state index contributed by atoms with van der Waals surface area (Å²) >= 11 is 0. The third kappa shape index (κ3) is 48.8. The predicted molar refractivity (Wildman–Crippen MR) is 261 cm³/mol. The lowest BCUT2D eigenvalue weighted by Crippen LogP contribution is -2.30. The second kappa shape index (κ2) is 50.5. The highest BCUT2D eigenvalue weighted by atomic mass is 16.6. The Bertz CT molecular complexity index is 989. The van der Waals surface area contributed by atoms with Crippen LogP contribution < -0.4 is 0 Å². The highest BCUT2D eigenvalue weighted by molar-refractivity contribution is 5.71. The van der Waals surface area contributed by atoms with E-state index in [1.54, 1.807) is 0 Å². The number of hydrogen-bond donors (Lipinski definition) is 0. The van der Waals surface area contributed by atoms with Crippen LogP contribution in [0.5, 0.6) is 0 Å². The van der Waals surface area contributed by atoms with Gasteiger partial charge in [-0.15, -0.1) is 0 Å². The fourth-order valence-electron chi connectivity index (χ4n) is 7.85. The molecular weight excluding hydrogens is 757 g/mol. The van der Waals surface area contributed by atoms with E-state index >= 15 is 0 Å². The smallest absolute Gasteiger partial charge is 0.306 e. The molecule has 0 bridgehead atoms. The zero-order valence-corrected chi connectivity index (χ0v) is 40.9. The van der Waals surface area contributed by atoms with E-state index in [9.17, 15) is 14.4 Å². The predicted octanol–water partition coefficient (Wildman–Crippen LogP) is 17.5. The largest absolute Gasteiger partial charge is 0.462 e. The van der Waals surface area contributed by atoms with E-state index < -0.39 is 6.10 Å². The summed E-state index contributed by atoms with van der Waals surface area (Å²) in [6.07, 6.45) is 57.5. The van der Waals surface area contributed by atoms with Crippen LogP contribution in [0.2, 0.25) is 0 Å². The molecule has 0 spiro atoms. The molecule has 0 aromatic carbocycles. The van der Waals surface area contributed by atoms with Crippen LogP contribution in [-0.4, -0.2) is 37.2 Å². The zero-order chi connectivity index (χ0) is 44.4. The number of carbonyl (C=O) groups is 3. The number of carbonyl (C=O) groups excluding carboxylic acids is 3. The van der Waals surface area contributed by atoms with E-state index in [0.29, 0.717) is 19.3 Å². The van der Waals surface area contributed by atoms with Gasteiger partial charge in [0.1, 0.15) is 13.2 Å². The Morgan fingerprint density at radius 3 is 0.918 bits per heavy atom. The van der Waals surface area contributed by atoms with Crippen LogP contribution in [0.1, 0.15) is 290 Å². The van der Waals surface area contributed by atoms with E-state index in [-0.39, 0.29) is 31.1 Å². The molecule has 6 nitrogen and oxygen atoms in total. The molecule has 0 N–H and O–H groups in total. The standard InChI is InChI=1S/C55H102O6/c1-4-7-10-13-16-19-22-24-25-26-27-28-29-30-31-32-34-36-39-42-45-48-54(57)60-51-52(50-59-53(56)47-44-41-38-35-21-18-15-12-9-6-3)61-55(58)49-46-43-40-37-33-23-20-17-14-11-8-5-2/h12,15,17,20,52H,4-11,13-14,16,18-19,21-51H2,1-3H3/b15-12-,20-17-. The van der Waals surface area contributed by atoms with E-state index in [4.69, 9.17) is 14.2 Å². The molecule has 0 radical (unpaired) electrons. The average molecular weight is 859 g/mol. The molecule has 0 aliphatic carbocycles. The molecule has 61 heavy (non-hydrogen) atoms. The first-order valence-corrected chi connectivity index (χ1v) is 26.8. The van der Waals surface area contributed by atoms with Gasteiger partial charge < -0.3 is 14.2 Å². The molecule has 0 saturated heterocycles. The van der Waals surface area contributed by atoms with Gasteiger partial charge in [0, 0.05) is 19.3 Å². The first kappa shape index (κ1) is 58.9. The van der Waals surface area contributed by atoms with Crippen LogP contribution >= 0.6 is 0 Å². The number of unbranched alkanes of at least 4 members (excludes halogenated alkanes) is 34. The molecule has 1 unspecified atom stereocenters. The number of allylic oxidation sites excluding steroid dienone is 4. The van der Waals surface area contributed by atoms with Gasteiger partial charge in [0.25, 0.3) is 0 Å². The average Bonchev–Trinajstić information content (AvgIpc) is 3.26. The number of esters is 3. The van der Waals surface area contributed by atoms with E-state index in [2.05, 4.69) is 45.1 Å². The molecule has 0 aliphatic rings. The maximum atomic E-state index is 12.8. The summed E-state index contributed by atoms with van der Waals surface area (Å²) in [7, 11) is 0. The Hall–Kier alpha value is -2.11. The molecule has 0 aromatic rings. The van der Waals surface area contributed by atoms with Crippen molar-refractivity contribution in [2.45, 2.75) is 297 Å². The van der Waals surface area contributed by atoms with Crippen molar-refractivity contribution >= 4 is 17.9 Å². The molecule has 358 valence electrons. The molecule has 0 saturated carbocycles. The highest BCUT2D eigenvalue weighted by Gasteiger charge is 2.19. The molecule has 0 amide bonds. The number of ether oxygens (including phenoxy) is 3. The van der Waals surface area contributed by atoms with Crippen molar-refractivity contribution in [2.24, 2.45) is 0 Å². The van der Waals surface area contributed by atoms with Crippen molar-refractivity contribution < 1.29 is 28.6 Å². The summed E-state index contributed by atoms with van der Waals surface area (Å²) < 4.78 is 16.8. The number of hydrogen-bond acceptors (Lipinski definition) is 6. The Morgan fingerprint density at radius 1 is 0.311 bits per heavy atom. The summed E-state index contributed by atoms with van der Waals surface area (Å²) in [5.41, 5.74) is 0.